The first-order valence-corrected chi connectivity index (χ1v) is 11.3. The molecule has 0 atom stereocenters. The van der Waals surface area contributed by atoms with Crippen molar-refractivity contribution in [2.24, 2.45) is 10.4 Å². The number of Topliss-reactive ketones (excluding diaryl/α,β-unsaturated/α-hetero) is 2. The van der Waals surface area contributed by atoms with Crippen molar-refractivity contribution < 1.29 is 19.2 Å². The van der Waals surface area contributed by atoms with Gasteiger partial charge in [-0.15, -0.1) is 0 Å². The lowest BCUT2D eigenvalue weighted by Gasteiger charge is -2.31. The highest BCUT2D eigenvalue weighted by Gasteiger charge is 2.36. The third-order valence-corrected chi connectivity index (χ3v) is 5.97. The van der Waals surface area contributed by atoms with Gasteiger partial charge in [-0.3, -0.25) is 14.6 Å². The minimum Gasteiger partial charge on any atom is -0.511 e. The second-order valence-corrected chi connectivity index (χ2v) is 9.36. The fourth-order valence-corrected chi connectivity index (χ4v) is 4.42. The van der Waals surface area contributed by atoms with Gasteiger partial charge in [0.05, 0.1) is 16.8 Å². The van der Waals surface area contributed by atoms with Crippen molar-refractivity contribution in [3.63, 3.8) is 0 Å². The van der Waals surface area contributed by atoms with Crippen LogP contribution in [0.3, 0.4) is 0 Å². The molecule has 2 aliphatic carbocycles. The molecule has 0 aromatic carbocycles. The van der Waals surface area contributed by atoms with Crippen LogP contribution >= 0.6 is 0 Å². The Morgan fingerprint density at radius 2 is 1.93 bits per heavy atom. The average Bonchev–Trinajstić information content (AvgIpc) is 3.09. The normalized spacial score (nSPS) is 21.8. The number of allylic oxidation sites excluding steroid dienone is 2. The number of nitrogens with zero attached hydrogens (tertiary/aromatic N) is 2. The zero-order valence-corrected chi connectivity index (χ0v) is 18.6. The fraction of sp³-hybridized carbons (Fsp3) is 0.667. The molecule has 0 bridgehead atoms. The van der Waals surface area contributed by atoms with E-state index in [0.29, 0.717) is 54.8 Å². The standard InChI is InChI=1S/C24H34N2O4/c1-4-5-6-7-13-25-17-14-24(2,3)15-20(29)22(17)19(28)12-11-16-23-18(27)9-8-10-21(23)30-26-16/h28H,4-15H2,1-3H3. The van der Waals surface area contributed by atoms with Gasteiger partial charge in [-0.25, -0.2) is 0 Å². The van der Waals surface area contributed by atoms with Crippen molar-refractivity contribution >= 4 is 17.3 Å². The molecule has 6 nitrogen and oxygen atoms in total. The summed E-state index contributed by atoms with van der Waals surface area (Å²) in [5.74, 6) is 0.722. The fourth-order valence-electron chi connectivity index (χ4n) is 4.42. The average molecular weight is 415 g/mol. The number of unbranched alkanes of at least 4 members (excludes halogenated alkanes) is 3. The lowest BCUT2D eigenvalue weighted by atomic mass is 9.73. The number of carbonyl (C=O) groups is 2. The highest BCUT2D eigenvalue weighted by Crippen LogP contribution is 2.36. The molecule has 3 rings (SSSR count). The van der Waals surface area contributed by atoms with Crippen molar-refractivity contribution in [1.82, 2.24) is 5.16 Å². The number of aliphatic imine (C=N–C) groups is 1. The van der Waals surface area contributed by atoms with Gasteiger partial charge >= 0.3 is 0 Å². The number of rotatable bonds is 8. The Hall–Kier alpha value is -2.24. The molecule has 2 aliphatic rings. The summed E-state index contributed by atoms with van der Waals surface area (Å²) in [6, 6.07) is 0. The monoisotopic (exact) mass is 414 g/mol. The van der Waals surface area contributed by atoms with Gasteiger partial charge in [0.25, 0.3) is 0 Å². The smallest absolute Gasteiger partial charge is 0.168 e. The molecule has 1 N–H and O–H groups in total. The van der Waals surface area contributed by atoms with Crippen molar-refractivity contribution in [3.05, 3.63) is 28.3 Å². The molecule has 0 spiro atoms. The molecular weight excluding hydrogens is 380 g/mol. The summed E-state index contributed by atoms with van der Waals surface area (Å²) >= 11 is 0. The largest absolute Gasteiger partial charge is 0.511 e. The third-order valence-electron chi connectivity index (χ3n) is 5.97. The van der Waals surface area contributed by atoms with Gasteiger partial charge in [-0.1, -0.05) is 45.2 Å². The summed E-state index contributed by atoms with van der Waals surface area (Å²) in [5, 5.41) is 14.9. The second-order valence-electron chi connectivity index (χ2n) is 9.36. The number of aliphatic hydroxyl groups is 1. The van der Waals surface area contributed by atoms with Gasteiger partial charge in [0.15, 0.2) is 11.6 Å². The molecule has 1 saturated carbocycles. The maximum atomic E-state index is 12.9. The predicted molar refractivity (Wildman–Crippen MR) is 116 cm³/mol. The summed E-state index contributed by atoms with van der Waals surface area (Å²) in [4.78, 5) is 29.8. The van der Waals surface area contributed by atoms with E-state index in [4.69, 9.17) is 9.52 Å². The Bertz CT molecular complexity index is 861. The highest BCUT2D eigenvalue weighted by molar-refractivity contribution is 6.24. The first-order chi connectivity index (χ1) is 14.3. The van der Waals surface area contributed by atoms with E-state index in [1.165, 1.54) is 12.8 Å². The lowest BCUT2D eigenvalue weighted by Crippen LogP contribution is -2.33. The number of ketones is 2. The van der Waals surface area contributed by atoms with Crippen LogP contribution in [0.2, 0.25) is 0 Å². The number of fused-ring (bicyclic) bond motifs is 1. The first-order valence-electron chi connectivity index (χ1n) is 11.3. The molecule has 1 aromatic heterocycles. The van der Waals surface area contributed by atoms with Gasteiger partial charge in [0.1, 0.15) is 11.5 Å². The van der Waals surface area contributed by atoms with E-state index in [-0.39, 0.29) is 29.2 Å². The molecule has 1 aromatic rings. The van der Waals surface area contributed by atoms with Gasteiger partial charge in [-0.2, -0.15) is 0 Å². The topological polar surface area (TPSA) is 92.8 Å². The van der Waals surface area contributed by atoms with Crippen LogP contribution in [0.1, 0.15) is 100 Å². The second kappa shape index (κ2) is 9.71. The Kier molecular flexibility index (Phi) is 7.27. The Morgan fingerprint density at radius 3 is 2.70 bits per heavy atom. The van der Waals surface area contributed by atoms with Crippen LogP contribution in [-0.4, -0.2) is 34.1 Å². The molecule has 1 fully saturated rings. The molecule has 0 unspecified atom stereocenters. The zero-order chi connectivity index (χ0) is 21.7. The SMILES string of the molecule is CCCCCCN=C1CC(C)(C)CC(=O)C1=C(O)CCc1noc2c1C(=O)CCC2. The van der Waals surface area contributed by atoms with Crippen LogP contribution < -0.4 is 0 Å². The maximum Gasteiger partial charge on any atom is 0.168 e. The van der Waals surface area contributed by atoms with Crippen LogP contribution in [0.25, 0.3) is 0 Å². The van der Waals surface area contributed by atoms with E-state index in [1.807, 2.05) is 0 Å². The molecule has 164 valence electrons. The van der Waals surface area contributed by atoms with Crippen LogP contribution in [0, 0.1) is 5.41 Å². The summed E-state index contributed by atoms with van der Waals surface area (Å²) in [6.07, 6.45) is 8.21. The lowest BCUT2D eigenvalue weighted by molar-refractivity contribution is -0.117. The molecule has 0 aliphatic heterocycles. The van der Waals surface area contributed by atoms with E-state index in [0.717, 1.165) is 31.4 Å². The van der Waals surface area contributed by atoms with Gasteiger partial charge in [0.2, 0.25) is 0 Å². The summed E-state index contributed by atoms with van der Waals surface area (Å²) < 4.78 is 5.33. The first kappa shape index (κ1) is 22.4. The molecule has 30 heavy (non-hydrogen) atoms. The Labute approximate surface area is 178 Å². The van der Waals surface area contributed by atoms with Gasteiger partial charge < -0.3 is 9.63 Å². The zero-order valence-electron chi connectivity index (χ0n) is 18.6. The van der Waals surface area contributed by atoms with E-state index >= 15 is 0 Å². The molecule has 6 heteroatoms. The molecule has 1 heterocycles. The minimum atomic E-state index is -0.152. The number of carbonyl (C=O) groups excluding carboxylic acids is 2. The Morgan fingerprint density at radius 1 is 1.13 bits per heavy atom. The van der Waals surface area contributed by atoms with Crippen LogP contribution in [0.4, 0.5) is 0 Å². The molecule has 0 radical (unpaired) electrons. The van der Waals surface area contributed by atoms with Crippen LogP contribution in [0.15, 0.2) is 20.8 Å². The van der Waals surface area contributed by atoms with E-state index in [2.05, 4.69) is 25.9 Å². The van der Waals surface area contributed by atoms with Crippen molar-refractivity contribution in [2.75, 3.05) is 6.54 Å². The number of aliphatic hydroxyl groups excluding tert-OH is 1. The number of aryl methyl sites for hydroxylation is 2. The molecule has 0 saturated heterocycles. The van der Waals surface area contributed by atoms with Crippen LogP contribution in [-0.2, 0) is 17.6 Å². The Balaban J connectivity index is 1.77. The number of hydrogen-bond donors (Lipinski definition) is 1. The summed E-state index contributed by atoms with van der Waals surface area (Å²) in [7, 11) is 0. The number of hydrogen-bond acceptors (Lipinski definition) is 6. The number of aromatic nitrogens is 1. The van der Waals surface area contributed by atoms with E-state index in [9.17, 15) is 14.7 Å². The minimum absolute atomic E-state index is 0.0469. The predicted octanol–water partition coefficient (Wildman–Crippen LogP) is 5.35. The molecule has 0 amide bonds. The highest BCUT2D eigenvalue weighted by atomic mass is 16.5. The van der Waals surface area contributed by atoms with Crippen LogP contribution in [0.5, 0.6) is 0 Å². The van der Waals surface area contributed by atoms with Crippen molar-refractivity contribution in [3.8, 4) is 0 Å². The summed E-state index contributed by atoms with van der Waals surface area (Å²) in [5.41, 5.74) is 2.13. The van der Waals surface area contributed by atoms with Gasteiger partial charge in [0, 0.05) is 44.4 Å². The maximum absolute atomic E-state index is 12.9. The van der Waals surface area contributed by atoms with E-state index < -0.39 is 0 Å². The summed E-state index contributed by atoms with van der Waals surface area (Å²) in [6.45, 7) is 6.99. The third kappa shape index (κ3) is 5.27. The molecular formula is C24H34N2O4. The van der Waals surface area contributed by atoms with Crippen molar-refractivity contribution in [2.45, 2.75) is 91.4 Å². The quantitative estimate of drug-likeness (QED) is 0.352. The van der Waals surface area contributed by atoms with E-state index in [1.54, 1.807) is 0 Å². The van der Waals surface area contributed by atoms with Crippen molar-refractivity contribution in [1.29, 1.82) is 0 Å². The van der Waals surface area contributed by atoms with Gasteiger partial charge in [-0.05, 0) is 24.7 Å².